The number of aromatic nitrogens is 3. The SMILES string of the molecule is Cc1cc(C(=O)NCCC(c2ccccc2)c2ccco2)c2c(=O)[nH]c(=O)n(C)c2n1. The van der Waals surface area contributed by atoms with Gasteiger partial charge in [0, 0.05) is 25.2 Å². The lowest BCUT2D eigenvalue weighted by Gasteiger charge is -2.16. The molecule has 3 heterocycles. The van der Waals surface area contributed by atoms with Crippen LogP contribution in [-0.2, 0) is 7.05 Å². The van der Waals surface area contributed by atoms with Gasteiger partial charge in [-0.25, -0.2) is 9.78 Å². The highest BCUT2D eigenvalue weighted by Crippen LogP contribution is 2.28. The molecule has 0 bridgehead atoms. The van der Waals surface area contributed by atoms with Crippen molar-refractivity contribution in [3.8, 4) is 0 Å². The molecule has 1 amide bonds. The molecule has 0 aliphatic carbocycles. The zero-order chi connectivity index (χ0) is 22.0. The minimum atomic E-state index is -0.631. The molecule has 4 aromatic rings. The fraction of sp³-hybridized carbons (Fsp3) is 0.217. The maximum Gasteiger partial charge on any atom is 0.329 e. The topological polar surface area (TPSA) is 110 Å². The van der Waals surface area contributed by atoms with Crippen LogP contribution in [0.1, 0.15) is 39.7 Å². The number of benzene rings is 1. The van der Waals surface area contributed by atoms with E-state index in [1.165, 1.54) is 11.6 Å². The molecule has 0 fully saturated rings. The van der Waals surface area contributed by atoms with Gasteiger partial charge in [-0.3, -0.25) is 19.1 Å². The van der Waals surface area contributed by atoms with E-state index in [-0.39, 0.29) is 22.5 Å². The highest BCUT2D eigenvalue weighted by molar-refractivity contribution is 6.05. The molecule has 31 heavy (non-hydrogen) atoms. The van der Waals surface area contributed by atoms with Crippen LogP contribution in [0.25, 0.3) is 11.0 Å². The average molecular weight is 418 g/mol. The van der Waals surface area contributed by atoms with Crippen molar-refractivity contribution in [3.05, 3.63) is 98.2 Å². The van der Waals surface area contributed by atoms with Crippen LogP contribution in [-0.4, -0.2) is 27.0 Å². The summed E-state index contributed by atoms with van der Waals surface area (Å²) in [6, 6.07) is 15.2. The van der Waals surface area contributed by atoms with Crippen molar-refractivity contribution in [1.29, 1.82) is 0 Å². The number of carbonyl (C=O) groups is 1. The lowest BCUT2D eigenvalue weighted by molar-refractivity contribution is 0.0954. The second-order valence-corrected chi connectivity index (χ2v) is 7.35. The zero-order valence-corrected chi connectivity index (χ0v) is 17.2. The predicted octanol–water partition coefficient (Wildman–Crippen LogP) is 2.48. The van der Waals surface area contributed by atoms with E-state index in [0.29, 0.717) is 18.7 Å². The lowest BCUT2D eigenvalue weighted by atomic mass is 9.93. The fourth-order valence-corrected chi connectivity index (χ4v) is 3.72. The largest absolute Gasteiger partial charge is 0.469 e. The first-order valence-electron chi connectivity index (χ1n) is 9.93. The monoisotopic (exact) mass is 418 g/mol. The van der Waals surface area contributed by atoms with Crippen molar-refractivity contribution in [3.63, 3.8) is 0 Å². The number of nitrogens with one attached hydrogen (secondary N) is 2. The van der Waals surface area contributed by atoms with Gasteiger partial charge in [0.2, 0.25) is 0 Å². The Morgan fingerprint density at radius 2 is 1.97 bits per heavy atom. The maximum absolute atomic E-state index is 13.0. The van der Waals surface area contributed by atoms with E-state index in [0.717, 1.165) is 11.3 Å². The van der Waals surface area contributed by atoms with Crippen molar-refractivity contribution >= 4 is 16.9 Å². The normalized spacial score (nSPS) is 12.1. The molecule has 1 aromatic carbocycles. The third kappa shape index (κ3) is 4.05. The summed E-state index contributed by atoms with van der Waals surface area (Å²) in [5.74, 6) is 0.402. The molecule has 0 spiro atoms. The Labute approximate surface area is 177 Å². The number of hydrogen-bond donors (Lipinski definition) is 2. The summed E-state index contributed by atoms with van der Waals surface area (Å²) in [6.07, 6.45) is 2.24. The first kappa shape index (κ1) is 20.3. The van der Waals surface area contributed by atoms with E-state index < -0.39 is 17.2 Å². The highest BCUT2D eigenvalue weighted by atomic mass is 16.3. The number of hydrogen-bond acceptors (Lipinski definition) is 5. The van der Waals surface area contributed by atoms with Crippen LogP contribution in [0.2, 0.25) is 0 Å². The molecule has 1 unspecified atom stereocenters. The van der Waals surface area contributed by atoms with Crippen LogP contribution in [0.3, 0.4) is 0 Å². The van der Waals surface area contributed by atoms with Gasteiger partial charge >= 0.3 is 5.69 Å². The molecule has 0 aliphatic heterocycles. The van der Waals surface area contributed by atoms with Crippen molar-refractivity contribution in [1.82, 2.24) is 19.9 Å². The summed E-state index contributed by atoms with van der Waals surface area (Å²) in [5, 5.41) is 2.99. The number of aromatic amines is 1. The Kier molecular flexibility index (Phi) is 5.53. The minimum absolute atomic E-state index is 0.0170. The van der Waals surface area contributed by atoms with Crippen LogP contribution < -0.4 is 16.6 Å². The van der Waals surface area contributed by atoms with Crippen LogP contribution >= 0.6 is 0 Å². The fourth-order valence-electron chi connectivity index (χ4n) is 3.72. The van der Waals surface area contributed by atoms with Crippen molar-refractivity contribution < 1.29 is 9.21 Å². The molecule has 158 valence electrons. The van der Waals surface area contributed by atoms with Gasteiger partial charge in [-0.2, -0.15) is 0 Å². The molecular formula is C23H22N4O4. The number of amides is 1. The van der Waals surface area contributed by atoms with E-state index in [1.54, 1.807) is 19.3 Å². The quantitative estimate of drug-likeness (QED) is 0.500. The van der Waals surface area contributed by atoms with Crippen molar-refractivity contribution in [2.75, 3.05) is 6.54 Å². The van der Waals surface area contributed by atoms with Gasteiger partial charge in [-0.1, -0.05) is 30.3 Å². The van der Waals surface area contributed by atoms with Crippen molar-refractivity contribution in [2.45, 2.75) is 19.3 Å². The molecule has 0 saturated heterocycles. The Morgan fingerprint density at radius 3 is 2.68 bits per heavy atom. The summed E-state index contributed by atoms with van der Waals surface area (Å²) in [6.45, 7) is 2.08. The van der Waals surface area contributed by atoms with E-state index in [2.05, 4.69) is 15.3 Å². The van der Waals surface area contributed by atoms with Crippen LogP contribution in [0.5, 0.6) is 0 Å². The molecule has 0 radical (unpaired) electrons. The summed E-state index contributed by atoms with van der Waals surface area (Å²) in [7, 11) is 1.50. The lowest BCUT2D eigenvalue weighted by Crippen LogP contribution is -2.32. The standard InChI is InChI=1S/C23H22N4O4/c1-14-13-17(19-20(25-14)27(2)23(30)26-22(19)29)21(28)24-11-10-16(18-9-6-12-31-18)15-7-4-3-5-8-15/h3-9,12-13,16H,10-11H2,1-2H3,(H,24,28)(H,26,29,30). The highest BCUT2D eigenvalue weighted by Gasteiger charge is 2.20. The summed E-state index contributed by atoms with van der Waals surface area (Å²) < 4.78 is 6.83. The first-order chi connectivity index (χ1) is 15.0. The Bertz CT molecular complexity index is 1340. The summed E-state index contributed by atoms with van der Waals surface area (Å²) in [4.78, 5) is 43.8. The van der Waals surface area contributed by atoms with Crippen molar-refractivity contribution in [2.24, 2.45) is 7.05 Å². The number of fused-ring (bicyclic) bond motifs is 1. The van der Waals surface area contributed by atoms with Gasteiger partial charge < -0.3 is 9.73 Å². The van der Waals surface area contributed by atoms with E-state index >= 15 is 0 Å². The average Bonchev–Trinajstić information content (AvgIpc) is 3.29. The molecule has 4 rings (SSSR count). The maximum atomic E-state index is 13.0. The number of aryl methyl sites for hydroxylation is 2. The first-order valence-corrected chi connectivity index (χ1v) is 9.93. The van der Waals surface area contributed by atoms with Crippen LogP contribution in [0, 0.1) is 6.92 Å². The minimum Gasteiger partial charge on any atom is -0.469 e. The molecule has 0 aliphatic rings. The Hall–Kier alpha value is -3.94. The van der Waals surface area contributed by atoms with Crippen LogP contribution in [0.15, 0.2) is 68.8 Å². The zero-order valence-electron chi connectivity index (χ0n) is 17.2. The number of carbonyl (C=O) groups excluding carboxylic acids is 1. The Balaban J connectivity index is 1.59. The van der Waals surface area contributed by atoms with Crippen LogP contribution in [0.4, 0.5) is 0 Å². The van der Waals surface area contributed by atoms with Gasteiger partial charge in [0.15, 0.2) is 0 Å². The van der Waals surface area contributed by atoms with E-state index in [4.69, 9.17) is 4.42 Å². The third-order valence-electron chi connectivity index (χ3n) is 5.25. The van der Waals surface area contributed by atoms with E-state index in [9.17, 15) is 14.4 Å². The Morgan fingerprint density at radius 1 is 1.19 bits per heavy atom. The van der Waals surface area contributed by atoms with Gasteiger partial charge in [-0.05, 0) is 37.1 Å². The molecule has 3 aromatic heterocycles. The second-order valence-electron chi connectivity index (χ2n) is 7.35. The van der Waals surface area contributed by atoms with Gasteiger partial charge in [-0.15, -0.1) is 0 Å². The number of H-pyrrole nitrogens is 1. The second kappa shape index (κ2) is 8.43. The number of rotatable bonds is 6. The molecular weight excluding hydrogens is 396 g/mol. The third-order valence-corrected chi connectivity index (χ3v) is 5.25. The number of pyridine rings is 1. The number of furan rings is 1. The molecule has 1 atom stereocenters. The van der Waals surface area contributed by atoms with Gasteiger partial charge in [0.25, 0.3) is 11.5 Å². The number of nitrogens with zero attached hydrogens (tertiary/aromatic N) is 2. The molecule has 8 nitrogen and oxygen atoms in total. The van der Waals surface area contributed by atoms with Gasteiger partial charge in [0.05, 0.1) is 17.2 Å². The molecule has 8 heteroatoms. The molecule has 0 saturated carbocycles. The summed E-state index contributed by atoms with van der Waals surface area (Å²) in [5.41, 5.74) is 0.782. The predicted molar refractivity (Wildman–Crippen MR) is 116 cm³/mol. The van der Waals surface area contributed by atoms with Gasteiger partial charge in [0.1, 0.15) is 11.4 Å². The van der Waals surface area contributed by atoms with E-state index in [1.807, 2.05) is 42.5 Å². The summed E-state index contributed by atoms with van der Waals surface area (Å²) >= 11 is 0. The molecule has 2 N–H and O–H groups in total. The smallest absolute Gasteiger partial charge is 0.329 e.